The van der Waals surface area contributed by atoms with Crippen molar-refractivity contribution in [3.8, 4) is 5.75 Å². The molecule has 3 aromatic carbocycles. The third-order valence-corrected chi connectivity index (χ3v) is 4.18. The summed E-state index contributed by atoms with van der Waals surface area (Å²) >= 11 is 3.32. The van der Waals surface area contributed by atoms with Crippen LogP contribution in [0.5, 0.6) is 5.75 Å². The van der Waals surface area contributed by atoms with Crippen molar-refractivity contribution in [2.45, 2.75) is 0 Å². The Morgan fingerprint density at radius 2 is 1.38 bits per heavy atom. The summed E-state index contributed by atoms with van der Waals surface area (Å²) in [5, 5.41) is 0. The number of benzene rings is 3. The topological polar surface area (TPSA) is 43.4 Å². The second-order valence-electron chi connectivity index (χ2n) is 5.53. The van der Waals surface area contributed by atoms with E-state index in [4.69, 9.17) is 4.74 Å². The van der Waals surface area contributed by atoms with Gasteiger partial charge in [-0.05, 0) is 60.2 Å². The molecule has 0 saturated carbocycles. The van der Waals surface area contributed by atoms with Gasteiger partial charge in [0, 0.05) is 10.0 Å². The van der Waals surface area contributed by atoms with Crippen molar-refractivity contribution >= 4 is 33.8 Å². The van der Waals surface area contributed by atoms with Crippen LogP contribution in [0, 0.1) is 0 Å². The van der Waals surface area contributed by atoms with Gasteiger partial charge in [-0.25, -0.2) is 4.79 Å². The molecule has 0 aliphatic carbocycles. The van der Waals surface area contributed by atoms with Gasteiger partial charge in [-0.1, -0.05) is 52.3 Å². The number of halogens is 1. The van der Waals surface area contributed by atoms with Crippen molar-refractivity contribution in [1.82, 2.24) is 0 Å². The molecule has 26 heavy (non-hydrogen) atoms. The van der Waals surface area contributed by atoms with E-state index < -0.39 is 5.97 Å². The van der Waals surface area contributed by atoms with Gasteiger partial charge in [0.25, 0.3) is 0 Å². The molecule has 3 nitrogen and oxygen atoms in total. The van der Waals surface area contributed by atoms with E-state index in [0.717, 1.165) is 10.0 Å². The van der Waals surface area contributed by atoms with Crippen LogP contribution in [-0.2, 0) is 0 Å². The summed E-state index contributed by atoms with van der Waals surface area (Å²) < 4.78 is 6.21. The Balaban J connectivity index is 1.64. The van der Waals surface area contributed by atoms with E-state index in [1.54, 1.807) is 54.6 Å². The van der Waals surface area contributed by atoms with Gasteiger partial charge < -0.3 is 4.74 Å². The summed E-state index contributed by atoms with van der Waals surface area (Å²) in [6.45, 7) is 0. The maximum atomic E-state index is 12.2. The van der Waals surface area contributed by atoms with Crippen LogP contribution in [0.15, 0.2) is 89.4 Å². The molecule has 128 valence electrons. The van der Waals surface area contributed by atoms with Crippen molar-refractivity contribution in [3.05, 3.63) is 106 Å². The summed E-state index contributed by atoms with van der Waals surface area (Å²) in [5.41, 5.74) is 1.95. The fraction of sp³-hybridized carbons (Fsp3) is 0. The lowest BCUT2D eigenvalue weighted by Crippen LogP contribution is -2.08. The molecule has 3 rings (SSSR count). The summed E-state index contributed by atoms with van der Waals surface area (Å²) in [5.74, 6) is -0.165. The van der Waals surface area contributed by atoms with Gasteiger partial charge in [0.1, 0.15) is 5.75 Å². The minimum Gasteiger partial charge on any atom is -0.423 e. The van der Waals surface area contributed by atoms with E-state index in [0.29, 0.717) is 16.9 Å². The molecule has 0 aliphatic heterocycles. The minimum absolute atomic E-state index is 0.111. The summed E-state index contributed by atoms with van der Waals surface area (Å²) in [6, 6.07) is 23.0. The molecule has 0 N–H and O–H groups in total. The van der Waals surface area contributed by atoms with Crippen molar-refractivity contribution < 1.29 is 14.3 Å². The Morgan fingerprint density at radius 3 is 2.04 bits per heavy atom. The van der Waals surface area contributed by atoms with Gasteiger partial charge in [-0.3, -0.25) is 4.79 Å². The van der Waals surface area contributed by atoms with E-state index in [-0.39, 0.29) is 5.78 Å². The van der Waals surface area contributed by atoms with Gasteiger partial charge in [-0.2, -0.15) is 0 Å². The standard InChI is InChI=1S/C22H15BrO3/c23-19-11-7-18(8-12-19)22(25)26-20-13-9-17(10-14-20)21(24)15-6-16-4-2-1-3-5-16/h1-15H. The van der Waals surface area contributed by atoms with Crippen LogP contribution < -0.4 is 4.74 Å². The van der Waals surface area contributed by atoms with Crippen molar-refractivity contribution in [2.24, 2.45) is 0 Å². The SMILES string of the molecule is O=C(C=Cc1ccccc1)c1ccc(OC(=O)c2ccc(Br)cc2)cc1. The minimum atomic E-state index is -0.444. The Hall–Kier alpha value is -2.98. The molecule has 0 aliphatic rings. The maximum absolute atomic E-state index is 12.2. The van der Waals surface area contributed by atoms with Crippen LogP contribution in [0.2, 0.25) is 0 Å². The average Bonchev–Trinajstić information content (AvgIpc) is 2.68. The Morgan fingerprint density at radius 1 is 0.769 bits per heavy atom. The number of carbonyl (C=O) groups excluding carboxylic acids is 2. The zero-order valence-electron chi connectivity index (χ0n) is 13.8. The third kappa shape index (κ3) is 4.77. The number of ketones is 1. The second kappa shape index (κ2) is 8.41. The quantitative estimate of drug-likeness (QED) is 0.241. The second-order valence-corrected chi connectivity index (χ2v) is 6.44. The Kier molecular flexibility index (Phi) is 5.77. The highest BCUT2D eigenvalue weighted by molar-refractivity contribution is 9.10. The molecule has 0 atom stereocenters. The monoisotopic (exact) mass is 406 g/mol. The average molecular weight is 407 g/mol. The van der Waals surface area contributed by atoms with Gasteiger partial charge in [-0.15, -0.1) is 0 Å². The fourth-order valence-electron chi connectivity index (χ4n) is 2.27. The molecule has 0 aromatic heterocycles. The number of esters is 1. The number of carbonyl (C=O) groups is 2. The first kappa shape index (κ1) is 17.8. The number of hydrogen-bond acceptors (Lipinski definition) is 3. The Bertz CT molecular complexity index is 927. The number of rotatable bonds is 5. The van der Waals surface area contributed by atoms with Crippen LogP contribution >= 0.6 is 15.9 Å². The van der Waals surface area contributed by atoms with E-state index in [1.807, 2.05) is 30.3 Å². The van der Waals surface area contributed by atoms with Crippen LogP contribution in [0.3, 0.4) is 0 Å². The maximum Gasteiger partial charge on any atom is 0.343 e. The van der Waals surface area contributed by atoms with Crippen LogP contribution in [-0.4, -0.2) is 11.8 Å². The molecular weight excluding hydrogens is 392 g/mol. The summed E-state index contributed by atoms with van der Waals surface area (Å²) in [6.07, 6.45) is 3.29. The molecule has 3 aromatic rings. The van der Waals surface area contributed by atoms with E-state index >= 15 is 0 Å². The predicted octanol–water partition coefficient (Wildman–Crippen LogP) is 5.56. The largest absolute Gasteiger partial charge is 0.423 e. The van der Waals surface area contributed by atoms with Crippen LogP contribution in [0.25, 0.3) is 6.08 Å². The van der Waals surface area contributed by atoms with Crippen molar-refractivity contribution in [1.29, 1.82) is 0 Å². The van der Waals surface area contributed by atoms with Crippen LogP contribution in [0.1, 0.15) is 26.3 Å². The van der Waals surface area contributed by atoms with Crippen LogP contribution in [0.4, 0.5) is 0 Å². The third-order valence-electron chi connectivity index (χ3n) is 3.66. The predicted molar refractivity (Wildman–Crippen MR) is 105 cm³/mol. The van der Waals surface area contributed by atoms with Gasteiger partial charge in [0.15, 0.2) is 5.78 Å². The first-order chi connectivity index (χ1) is 12.6. The molecule has 0 bridgehead atoms. The van der Waals surface area contributed by atoms with Gasteiger partial charge in [0.2, 0.25) is 0 Å². The number of allylic oxidation sites excluding steroid dienone is 1. The van der Waals surface area contributed by atoms with Gasteiger partial charge in [0.05, 0.1) is 5.56 Å². The van der Waals surface area contributed by atoms with E-state index in [9.17, 15) is 9.59 Å². The lowest BCUT2D eigenvalue weighted by molar-refractivity contribution is 0.0734. The molecule has 0 heterocycles. The highest BCUT2D eigenvalue weighted by Gasteiger charge is 2.09. The van der Waals surface area contributed by atoms with Gasteiger partial charge >= 0.3 is 5.97 Å². The molecular formula is C22H15BrO3. The molecule has 0 unspecified atom stereocenters. The normalized spacial score (nSPS) is 10.7. The first-order valence-corrected chi connectivity index (χ1v) is 8.76. The Labute approximate surface area is 160 Å². The first-order valence-electron chi connectivity index (χ1n) is 7.97. The zero-order chi connectivity index (χ0) is 18.4. The molecule has 0 spiro atoms. The summed E-state index contributed by atoms with van der Waals surface area (Å²) in [7, 11) is 0. The number of hydrogen-bond donors (Lipinski definition) is 0. The van der Waals surface area contributed by atoms with E-state index in [2.05, 4.69) is 15.9 Å². The lowest BCUT2D eigenvalue weighted by Gasteiger charge is -2.05. The molecule has 4 heteroatoms. The highest BCUT2D eigenvalue weighted by atomic mass is 79.9. The number of ether oxygens (including phenoxy) is 1. The molecule has 0 amide bonds. The molecule has 0 radical (unpaired) electrons. The van der Waals surface area contributed by atoms with E-state index in [1.165, 1.54) is 6.08 Å². The van der Waals surface area contributed by atoms with Crippen molar-refractivity contribution in [3.63, 3.8) is 0 Å². The molecule has 0 fully saturated rings. The van der Waals surface area contributed by atoms with Crippen molar-refractivity contribution in [2.75, 3.05) is 0 Å². The molecule has 0 saturated heterocycles. The lowest BCUT2D eigenvalue weighted by atomic mass is 10.1. The summed E-state index contributed by atoms with van der Waals surface area (Å²) in [4.78, 5) is 24.3. The fourth-order valence-corrected chi connectivity index (χ4v) is 2.54. The highest BCUT2D eigenvalue weighted by Crippen LogP contribution is 2.17. The zero-order valence-corrected chi connectivity index (χ0v) is 15.3. The smallest absolute Gasteiger partial charge is 0.343 e.